The first-order chi connectivity index (χ1) is 4.63. The van der Waals surface area contributed by atoms with Crippen molar-refractivity contribution < 1.29 is 13.5 Å². The van der Waals surface area contributed by atoms with Crippen LogP contribution in [0.5, 0.6) is 0 Å². The van der Waals surface area contributed by atoms with Crippen LogP contribution < -0.4 is 5.73 Å². The van der Waals surface area contributed by atoms with E-state index in [1.165, 1.54) is 0 Å². The van der Waals surface area contributed by atoms with Crippen molar-refractivity contribution in [1.29, 1.82) is 0 Å². The van der Waals surface area contributed by atoms with Crippen LogP contribution in [0.15, 0.2) is 0 Å². The quantitative estimate of drug-likeness (QED) is 0.618. The zero-order valence-electron chi connectivity index (χ0n) is 6.06. The fourth-order valence-corrected chi connectivity index (χ4v) is 0.917. The summed E-state index contributed by atoms with van der Waals surface area (Å²) in [7, 11) is 0. The van der Waals surface area contributed by atoms with Crippen molar-refractivity contribution in [3.63, 3.8) is 0 Å². The topological polar surface area (TPSA) is 35.2 Å². The number of alkyl halides is 2. The zero-order chi connectivity index (χ0) is 7.61. The molecule has 0 amide bonds. The highest BCUT2D eigenvalue weighted by atomic mass is 35.5. The van der Waals surface area contributed by atoms with Crippen molar-refractivity contribution in [3.8, 4) is 0 Å². The summed E-state index contributed by atoms with van der Waals surface area (Å²) in [6, 6.07) is -1.02. The molecule has 1 saturated heterocycles. The van der Waals surface area contributed by atoms with Crippen molar-refractivity contribution in [2.75, 3.05) is 13.2 Å². The van der Waals surface area contributed by atoms with Gasteiger partial charge < -0.3 is 10.5 Å². The van der Waals surface area contributed by atoms with Gasteiger partial charge in [0.1, 0.15) is 0 Å². The Hall–Kier alpha value is 0.0700. The third kappa shape index (κ3) is 2.89. The van der Waals surface area contributed by atoms with Crippen molar-refractivity contribution in [2.45, 2.75) is 24.8 Å². The molecule has 1 fully saturated rings. The van der Waals surface area contributed by atoms with Gasteiger partial charge in [-0.2, -0.15) is 0 Å². The molecule has 2 N–H and O–H groups in total. The van der Waals surface area contributed by atoms with E-state index in [-0.39, 0.29) is 31.9 Å². The summed E-state index contributed by atoms with van der Waals surface area (Å²) >= 11 is 0. The lowest BCUT2D eigenvalue weighted by Crippen LogP contribution is -2.40. The molecular weight excluding hydrogens is 176 g/mol. The van der Waals surface area contributed by atoms with Crippen LogP contribution >= 0.6 is 12.4 Å². The molecule has 1 atom stereocenters. The molecule has 0 spiro atoms. The predicted octanol–water partition coefficient (Wildman–Crippen LogP) is 1.18. The van der Waals surface area contributed by atoms with E-state index >= 15 is 0 Å². The molecule has 0 aromatic carbocycles. The molecule has 0 aromatic rings. The van der Waals surface area contributed by atoms with Gasteiger partial charge in [0.05, 0.1) is 12.6 Å². The molecule has 1 heterocycles. The van der Waals surface area contributed by atoms with E-state index in [1.54, 1.807) is 0 Å². The number of hydrogen-bond donors (Lipinski definition) is 1. The van der Waals surface area contributed by atoms with Gasteiger partial charge in [-0.05, 0) is 6.42 Å². The monoisotopic (exact) mass is 187 g/mol. The number of hydrogen-bond acceptors (Lipinski definition) is 2. The molecule has 0 saturated carbocycles. The van der Waals surface area contributed by atoms with Gasteiger partial charge in [-0.15, -0.1) is 12.4 Å². The van der Waals surface area contributed by atoms with Crippen molar-refractivity contribution in [1.82, 2.24) is 0 Å². The van der Waals surface area contributed by atoms with Gasteiger partial charge in [-0.1, -0.05) is 0 Å². The van der Waals surface area contributed by atoms with Gasteiger partial charge in [-0.3, -0.25) is 0 Å². The SMILES string of the molecule is Cl.NC1CCOCCC1(F)F. The van der Waals surface area contributed by atoms with Gasteiger partial charge in [0.25, 0.3) is 5.92 Å². The maximum absolute atomic E-state index is 12.7. The Morgan fingerprint density at radius 1 is 1.36 bits per heavy atom. The van der Waals surface area contributed by atoms with Crippen molar-refractivity contribution >= 4 is 12.4 Å². The van der Waals surface area contributed by atoms with Crippen molar-refractivity contribution in [3.05, 3.63) is 0 Å². The first-order valence-electron chi connectivity index (χ1n) is 3.34. The van der Waals surface area contributed by atoms with Crippen molar-refractivity contribution in [2.24, 2.45) is 5.73 Å². The normalized spacial score (nSPS) is 30.3. The van der Waals surface area contributed by atoms with E-state index in [0.717, 1.165) is 0 Å². The van der Waals surface area contributed by atoms with E-state index < -0.39 is 12.0 Å². The lowest BCUT2D eigenvalue weighted by molar-refractivity contribution is -0.0331. The Kier molecular flexibility index (Phi) is 4.21. The van der Waals surface area contributed by atoms with Gasteiger partial charge in [-0.25, -0.2) is 8.78 Å². The standard InChI is InChI=1S/C6H11F2NO.ClH/c7-6(8)2-4-10-3-1-5(6)9;/h5H,1-4,9H2;1H. The summed E-state index contributed by atoms with van der Waals surface area (Å²) in [5.41, 5.74) is 5.18. The van der Waals surface area contributed by atoms with E-state index in [2.05, 4.69) is 0 Å². The summed E-state index contributed by atoms with van der Waals surface area (Å²) in [5, 5.41) is 0. The molecule has 0 aromatic heterocycles. The minimum absolute atomic E-state index is 0. The van der Waals surface area contributed by atoms with Crippen LogP contribution in [0.4, 0.5) is 8.78 Å². The second-order valence-corrected chi connectivity index (χ2v) is 2.52. The maximum Gasteiger partial charge on any atom is 0.265 e. The first kappa shape index (κ1) is 11.1. The largest absolute Gasteiger partial charge is 0.381 e. The zero-order valence-corrected chi connectivity index (χ0v) is 6.87. The molecule has 1 aliphatic rings. The molecule has 0 radical (unpaired) electrons. The summed E-state index contributed by atoms with van der Waals surface area (Å²) in [6.45, 7) is 0.484. The first-order valence-corrected chi connectivity index (χ1v) is 3.34. The second-order valence-electron chi connectivity index (χ2n) is 2.52. The number of ether oxygens (including phenoxy) is 1. The maximum atomic E-state index is 12.7. The Morgan fingerprint density at radius 3 is 2.64 bits per heavy atom. The Labute approximate surface area is 70.5 Å². The van der Waals surface area contributed by atoms with Crippen LogP contribution in [0.3, 0.4) is 0 Å². The van der Waals surface area contributed by atoms with E-state index in [1.807, 2.05) is 0 Å². The summed E-state index contributed by atoms with van der Waals surface area (Å²) in [4.78, 5) is 0. The predicted molar refractivity (Wildman–Crippen MR) is 40.2 cm³/mol. The highest BCUT2D eigenvalue weighted by Crippen LogP contribution is 2.25. The lowest BCUT2D eigenvalue weighted by Gasteiger charge is -2.18. The number of nitrogens with two attached hydrogens (primary N) is 1. The van der Waals surface area contributed by atoms with E-state index in [9.17, 15) is 8.78 Å². The van der Waals surface area contributed by atoms with Crippen LogP contribution in [-0.2, 0) is 4.74 Å². The minimum atomic E-state index is -2.73. The smallest absolute Gasteiger partial charge is 0.265 e. The van der Waals surface area contributed by atoms with Gasteiger partial charge in [0.15, 0.2) is 0 Å². The van der Waals surface area contributed by atoms with Gasteiger partial charge in [0, 0.05) is 13.0 Å². The van der Waals surface area contributed by atoms with Crippen LogP contribution in [0.25, 0.3) is 0 Å². The van der Waals surface area contributed by atoms with Gasteiger partial charge >= 0.3 is 0 Å². The summed E-state index contributed by atoms with van der Waals surface area (Å²) < 4.78 is 30.1. The number of halogens is 3. The summed E-state index contributed by atoms with van der Waals surface area (Å²) in [6.07, 6.45) is 0.0150. The Balaban J connectivity index is 0.000001000. The molecule has 2 nitrogen and oxygen atoms in total. The number of rotatable bonds is 0. The third-order valence-electron chi connectivity index (χ3n) is 1.70. The summed E-state index contributed by atoms with van der Waals surface area (Å²) in [5.74, 6) is -2.73. The van der Waals surface area contributed by atoms with Crippen LogP contribution in [0.1, 0.15) is 12.8 Å². The molecule has 5 heteroatoms. The average molecular weight is 188 g/mol. The van der Waals surface area contributed by atoms with Crippen LogP contribution in [0.2, 0.25) is 0 Å². The molecule has 11 heavy (non-hydrogen) atoms. The molecule has 1 unspecified atom stereocenters. The Bertz CT molecular complexity index is 123. The molecule has 1 aliphatic heterocycles. The minimum Gasteiger partial charge on any atom is -0.381 e. The van der Waals surface area contributed by atoms with E-state index in [4.69, 9.17) is 10.5 Å². The highest BCUT2D eigenvalue weighted by Gasteiger charge is 2.37. The van der Waals surface area contributed by atoms with E-state index in [0.29, 0.717) is 6.61 Å². The molecule has 0 aliphatic carbocycles. The fraction of sp³-hybridized carbons (Fsp3) is 1.00. The second kappa shape index (κ2) is 4.18. The molecule has 68 valence electrons. The third-order valence-corrected chi connectivity index (χ3v) is 1.70. The van der Waals surface area contributed by atoms with Gasteiger partial charge in [0.2, 0.25) is 0 Å². The van der Waals surface area contributed by atoms with Crippen LogP contribution in [-0.4, -0.2) is 25.2 Å². The molecular formula is C6H12ClF2NO. The average Bonchev–Trinajstić information content (AvgIpc) is 1.96. The molecule has 0 bridgehead atoms. The molecule has 1 rings (SSSR count). The van der Waals surface area contributed by atoms with Crippen LogP contribution in [0, 0.1) is 0 Å². The lowest BCUT2D eigenvalue weighted by atomic mass is 10.1. The Morgan fingerprint density at radius 2 is 2.00 bits per heavy atom. The highest BCUT2D eigenvalue weighted by molar-refractivity contribution is 5.85. The fourth-order valence-electron chi connectivity index (χ4n) is 0.917.